The Kier molecular flexibility index (Phi) is 3.19. The fourth-order valence-electron chi connectivity index (χ4n) is 1.87. The van der Waals surface area contributed by atoms with Crippen molar-refractivity contribution in [1.29, 1.82) is 0 Å². The van der Waals surface area contributed by atoms with Crippen LogP contribution in [-0.4, -0.2) is 9.78 Å². The summed E-state index contributed by atoms with van der Waals surface area (Å²) in [4.78, 5) is 0. The lowest BCUT2D eigenvalue weighted by Crippen LogP contribution is -2.26. The molecule has 2 nitrogen and oxygen atoms in total. The van der Waals surface area contributed by atoms with Gasteiger partial charge in [-0.15, -0.1) is 0 Å². The van der Waals surface area contributed by atoms with Crippen LogP contribution in [0, 0.1) is 5.95 Å². The molecule has 0 amide bonds. The van der Waals surface area contributed by atoms with Crippen molar-refractivity contribution in [2.75, 3.05) is 0 Å². The van der Waals surface area contributed by atoms with Crippen molar-refractivity contribution in [3.8, 4) is 0 Å². The standard InChI is InChI=1S/C13H23FN2/c1-8-9-10(12(2,3)4)11(14)16(15-9)13(5,6)7/h8H2,1-7H3. The molecule has 0 unspecified atom stereocenters. The third kappa shape index (κ3) is 2.28. The highest BCUT2D eigenvalue weighted by Crippen LogP contribution is 2.31. The van der Waals surface area contributed by atoms with Crippen LogP contribution in [0.15, 0.2) is 0 Å². The molecular weight excluding hydrogens is 203 g/mol. The number of nitrogens with zero attached hydrogens (tertiary/aromatic N) is 2. The number of halogens is 1. The van der Waals surface area contributed by atoms with Gasteiger partial charge in [0.05, 0.1) is 11.2 Å². The quantitative estimate of drug-likeness (QED) is 0.715. The topological polar surface area (TPSA) is 17.8 Å². The maximum absolute atomic E-state index is 14.4. The van der Waals surface area contributed by atoms with Crippen LogP contribution in [0.2, 0.25) is 0 Å². The van der Waals surface area contributed by atoms with Crippen molar-refractivity contribution in [3.05, 3.63) is 17.2 Å². The molecule has 0 fully saturated rings. The molecule has 0 saturated heterocycles. The highest BCUT2D eigenvalue weighted by atomic mass is 19.1. The average Bonchev–Trinajstić information content (AvgIpc) is 2.40. The molecule has 0 spiro atoms. The van der Waals surface area contributed by atoms with Gasteiger partial charge in [0, 0.05) is 5.56 Å². The lowest BCUT2D eigenvalue weighted by molar-refractivity contribution is 0.294. The summed E-state index contributed by atoms with van der Waals surface area (Å²) in [5.74, 6) is -0.183. The fraction of sp³-hybridized carbons (Fsp3) is 0.769. The van der Waals surface area contributed by atoms with Crippen LogP contribution >= 0.6 is 0 Å². The summed E-state index contributed by atoms with van der Waals surface area (Å²) in [7, 11) is 0. The molecule has 0 bridgehead atoms. The van der Waals surface area contributed by atoms with Gasteiger partial charge in [-0.1, -0.05) is 27.7 Å². The van der Waals surface area contributed by atoms with E-state index in [1.54, 1.807) is 0 Å². The Morgan fingerprint density at radius 1 is 1.12 bits per heavy atom. The third-order valence-electron chi connectivity index (χ3n) is 2.62. The monoisotopic (exact) mass is 226 g/mol. The summed E-state index contributed by atoms with van der Waals surface area (Å²) in [6, 6.07) is 0. The van der Waals surface area contributed by atoms with E-state index in [2.05, 4.69) is 5.10 Å². The maximum atomic E-state index is 14.4. The molecule has 1 heterocycles. The smallest absolute Gasteiger partial charge is 0.215 e. The van der Waals surface area contributed by atoms with Crippen LogP contribution in [0.4, 0.5) is 4.39 Å². The van der Waals surface area contributed by atoms with E-state index in [0.717, 1.165) is 17.7 Å². The fourth-order valence-corrected chi connectivity index (χ4v) is 1.87. The van der Waals surface area contributed by atoms with E-state index in [0.29, 0.717) is 0 Å². The zero-order valence-electron chi connectivity index (χ0n) is 11.5. The van der Waals surface area contributed by atoms with Gasteiger partial charge in [-0.2, -0.15) is 9.49 Å². The van der Waals surface area contributed by atoms with Crippen LogP contribution in [0.3, 0.4) is 0 Å². The Labute approximate surface area is 97.9 Å². The predicted molar refractivity (Wildman–Crippen MR) is 65.3 cm³/mol. The Balaban J connectivity index is 3.45. The van der Waals surface area contributed by atoms with Gasteiger partial charge in [-0.05, 0) is 32.6 Å². The van der Waals surface area contributed by atoms with Crippen LogP contribution in [0.1, 0.15) is 59.7 Å². The van der Waals surface area contributed by atoms with Crippen molar-refractivity contribution in [1.82, 2.24) is 9.78 Å². The van der Waals surface area contributed by atoms with E-state index in [-0.39, 0.29) is 16.9 Å². The predicted octanol–water partition coefficient (Wildman–Crippen LogP) is 3.64. The van der Waals surface area contributed by atoms with Gasteiger partial charge in [0.25, 0.3) is 0 Å². The minimum absolute atomic E-state index is 0.183. The van der Waals surface area contributed by atoms with Crippen LogP contribution in [0.25, 0.3) is 0 Å². The SMILES string of the molecule is CCc1nn(C(C)(C)C)c(F)c1C(C)(C)C. The first-order valence-electron chi connectivity index (χ1n) is 5.87. The zero-order valence-corrected chi connectivity index (χ0v) is 11.5. The first kappa shape index (κ1) is 13.2. The minimum atomic E-state index is -0.308. The molecule has 1 aromatic heterocycles. The van der Waals surface area contributed by atoms with Crippen molar-refractivity contribution >= 4 is 0 Å². The number of aromatic nitrogens is 2. The summed E-state index contributed by atoms with van der Waals surface area (Å²) < 4.78 is 15.9. The van der Waals surface area contributed by atoms with Gasteiger partial charge < -0.3 is 0 Å². The van der Waals surface area contributed by atoms with Gasteiger partial charge in [0.1, 0.15) is 0 Å². The van der Waals surface area contributed by atoms with Crippen molar-refractivity contribution in [2.45, 2.75) is 65.8 Å². The van der Waals surface area contributed by atoms with Gasteiger partial charge >= 0.3 is 0 Å². The van der Waals surface area contributed by atoms with Crippen molar-refractivity contribution in [3.63, 3.8) is 0 Å². The minimum Gasteiger partial charge on any atom is -0.234 e. The second-order valence-electron chi connectivity index (χ2n) is 6.30. The molecule has 0 saturated carbocycles. The molecule has 3 heteroatoms. The highest BCUT2D eigenvalue weighted by molar-refractivity contribution is 5.27. The van der Waals surface area contributed by atoms with Gasteiger partial charge in [-0.3, -0.25) is 0 Å². The molecule has 0 aliphatic carbocycles. The second kappa shape index (κ2) is 3.86. The van der Waals surface area contributed by atoms with E-state index >= 15 is 0 Å². The average molecular weight is 226 g/mol. The zero-order chi connectivity index (χ0) is 12.7. The molecular formula is C13H23FN2. The number of hydrogen-bond acceptors (Lipinski definition) is 1. The molecule has 0 N–H and O–H groups in total. The molecule has 0 aliphatic heterocycles. The van der Waals surface area contributed by atoms with Gasteiger partial charge in [0.2, 0.25) is 5.95 Å². The number of hydrogen-bond donors (Lipinski definition) is 0. The summed E-state index contributed by atoms with van der Waals surface area (Å²) in [5.41, 5.74) is 1.13. The van der Waals surface area contributed by atoms with Crippen molar-refractivity contribution in [2.24, 2.45) is 0 Å². The molecule has 1 aromatic rings. The first-order chi connectivity index (χ1) is 7.09. The molecule has 0 atom stereocenters. The Morgan fingerprint density at radius 2 is 1.62 bits per heavy atom. The lowest BCUT2D eigenvalue weighted by Gasteiger charge is -2.21. The van der Waals surface area contributed by atoms with E-state index in [9.17, 15) is 4.39 Å². The van der Waals surface area contributed by atoms with E-state index in [1.807, 2.05) is 48.5 Å². The van der Waals surface area contributed by atoms with Crippen molar-refractivity contribution < 1.29 is 4.39 Å². The lowest BCUT2D eigenvalue weighted by atomic mass is 9.86. The van der Waals surface area contributed by atoms with Crippen LogP contribution in [0.5, 0.6) is 0 Å². The molecule has 0 radical (unpaired) electrons. The molecule has 0 aliphatic rings. The number of rotatable bonds is 1. The van der Waals surface area contributed by atoms with Crippen LogP contribution < -0.4 is 0 Å². The van der Waals surface area contributed by atoms with E-state index in [1.165, 1.54) is 4.68 Å². The normalized spacial score (nSPS) is 13.2. The largest absolute Gasteiger partial charge is 0.234 e. The molecule has 92 valence electrons. The molecule has 1 rings (SSSR count). The van der Waals surface area contributed by atoms with Gasteiger partial charge in [-0.25, -0.2) is 4.68 Å². The Morgan fingerprint density at radius 3 is 1.88 bits per heavy atom. The Hall–Kier alpha value is -0.860. The van der Waals surface area contributed by atoms with Crippen LogP contribution in [-0.2, 0) is 17.4 Å². The summed E-state index contributed by atoms with van der Waals surface area (Å²) >= 11 is 0. The number of aryl methyl sites for hydroxylation is 1. The van der Waals surface area contributed by atoms with E-state index < -0.39 is 0 Å². The van der Waals surface area contributed by atoms with Gasteiger partial charge in [0.15, 0.2) is 0 Å². The summed E-state index contributed by atoms with van der Waals surface area (Å²) in [5, 5.41) is 4.41. The third-order valence-corrected chi connectivity index (χ3v) is 2.62. The summed E-state index contributed by atoms with van der Waals surface area (Å²) in [6.07, 6.45) is 0.770. The molecule has 0 aromatic carbocycles. The molecule has 16 heavy (non-hydrogen) atoms. The first-order valence-corrected chi connectivity index (χ1v) is 5.87. The summed E-state index contributed by atoms with van der Waals surface area (Å²) in [6.45, 7) is 14.0. The Bertz CT molecular complexity index is 378. The van der Waals surface area contributed by atoms with E-state index in [4.69, 9.17) is 0 Å². The maximum Gasteiger partial charge on any atom is 0.215 e. The highest BCUT2D eigenvalue weighted by Gasteiger charge is 2.30. The second-order valence-corrected chi connectivity index (χ2v) is 6.30.